The highest BCUT2D eigenvalue weighted by molar-refractivity contribution is 7.99. The molecule has 1 aromatic carbocycles. The van der Waals surface area contributed by atoms with Gasteiger partial charge in [0, 0.05) is 11.5 Å². The van der Waals surface area contributed by atoms with Crippen LogP contribution in [0.25, 0.3) is 0 Å². The number of amides is 1. The molecule has 146 valence electrons. The molecular formula is C18H28N2O5S. The second-order valence-corrected chi connectivity index (χ2v) is 8.07. The van der Waals surface area contributed by atoms with Crippen molar-refractivity contribution in [2.75, 3.05) is 11.5 Å². The Morgan fingerprint density at radius 2 is 1.85 bits per heavy atom. The van der Waals surface area contributed by atoms with Crippen molar-refractivity contribution < 1.29 is 24.5 Å². The maximum Gasteiger partial charge on any atom is 0.407 e. The van der Waals surface area contributed by atoms with Crippen molar-refractivity contribution in [3.05, 3.63) is 35.9 Å². The van der Waals surface area contributed by atoms with Crippen LogP contribution in [-0.4, -0.2) is 57.6 Å². The molecule has 8 heteroatoms. The van der Waals surface area contributed by atoms with E-state index < -0.39 is 35.9 Å². The summed E-state index contributed by atoms with van der Waals surface area (Å²) in [5.41, 5.74) is 5.78. The average Bonchev–Trinajstić information content (AvgIpc) is 2.53. The summed E-state index contributed by atoms with van der Waals surface area (Å²) < 4.78 is 5.26. The summed E-state index contributed by atoms with van der Waals surface area (Å²) in [4.78, 5) is 22.8. The Kier molecular flexibility index (Phi) is 8.91. The van der Waals surface area contributed by atoms with E-state index in [1.807, 2.05) is 30.3 Å². The molecule has 1 aromatic rings. The highest BCUT2D eigenvalue weighted by Gasteiger charge is 2.25. The SMILES string of the molecule is CC(C)(C)OC(=O)NC(Cc1ccccc1)C(O)CSCC(N)C(=O)O. The van der Waals surface area contributed by atoms with Crippen LogP contribution in [0.1, 0.15) is 26.3 Å². The van der Waals surface area contributed by atoms with Gasteiger partial charge in [-0.05, 0) is 32.8 Å². The van der Waals surface area contributed by atoms with E-state index >= 15 is 0 Å². The van der Waals surface area contributed by atoms with E-state index in [0.29, 0.717) is 6.42 Å². The first-order valence-electron chi connectivity index (χ1n) is 8.36. The average molecular weight is 384 g/mol. The molecule has 3 unspecified atom stereocenters. The van der Waals surface area contributed by atoms with Crippen molar-refractivity contribution in [2.45, 2.75) is 51.0 Å². The molecule has 0 heterocycles. The second kappa shape index (κ2) is 10.4. The highest BCUT2D eigenvalue weighted by atomic mass is 32.2. The molecule has 0 aromatic heterocycles. The largest absolute Gasteiger partial charge is 0.480 e. The molecule has 0 saturated heterocycles. The van der Waals surface area contributed by atoms with Crippen molar-refractivity contribution >= 4 is 23.8 Å². The number of hydrogen-bond donors (Lipinski definition) is 4. The number of hydrogen-bond acceptors (Lipinski definition) is 6. The number of aliphatic hydroxyl groups is 1. The second-order valence-electron chi connectivity index (χ2n) is 6.99. The predicted octanol–water partition coefficient (Wildman–Crippen LogP) is 1.63. The molecule has 0 aliphatic rings. The third kappa shape index (κ3) is 9.07. The van der Waals surface area contributed by atoms with Gasteiger partial charge in [0.15, 0.2) is 0 Å². The molecule has 26 heavy (non-hydrogen) atoms. The molecule has 0 aliphatic carbocycles. The Bertz CT molecular complexity index is 577. The van der Waals surface area contributed by atoms with Crippen LogP contribution in [0.5, 0.6) is 0 Å². The van der Waals surface area contributed by atoms with Crippen LogP contribution >= 0.6 is 11.8 Å². The topological polar surface area (TPSA) is 122 Å². The first-order valence-corrected chi connectivity index (χ1v) is 9.51. The molecule has 7 nitrogen and oxygen atoms in total. The summed E-state index contributed by atoms with van der Waals surface area (Å²) >= 11 is 1.23. The molecule has 1 rings (SSSR count). The van der Waals surface area contributed by atoms with E-state index in [4.69, 9.17) is 15.6 Å². The van der Waals surface area contributed by atoms with Gasteiger partial charge in [-0.1, -0.05) is 30.3 Å². The number of ether oxygens (including phenoxy) is 1. The fourth-order valence-electron chi connectivity index (χ4n) is 2.11. The summed E-state index contributed by atoms with van der Waals surface area (Å²) in [6, 6.07) is 7.91. The van der Waals surface area contributed by atoms with Gasteiger partial charge in [-0.15, -0.1) is 0 Å². The van der Waals surface area contributed by atoms with Crippen LogP contribution in [0.3, 0.4) is 0 Å². The number of nitrogens with one attached hydrogen (secondary N) is 1. The van der Waals surface area contributed by atoms with Crippen molar-refractivity contribution in [1.82, 2.24) is 5.32 Å². The first kappa shape index (κ1) is 22.3. The van der Waals surface area contributed by atoms with Gasteiger partial charge in [0.05, 0.1) is 12.1 Å². The van der Waals surface area contributed by atoms with E-state index in [9.17, 15) is 14.7 Å². The number of aliphatic carboxylic acids is 1. The van der Waals surface area contributed by atoms with E-state index in [2.05, 4.69) is 5.32 Å². The van der Waals surface area contributed by atoms with Crippen LogP contribution in [-0.2, 0) is 16.0 Å². The summed E-state index contributed by atoms with van der Waals surface area (Å²) in [5, 5.41) is 22.0. The van der Waals surface area contributed by atoms with Crippen LogP contribution in [0, 0.1) is 0 Å². The van der Waals surface area contributed by atoms with Gasteiger partial charge >= 0.3 is 12.1 Å². The number of carboxylic acids is 1. The number of carbonyl (C=O) groups excluding carboxylic acids is 1. The van der Waals surface area contributed by atoms with Gasteiger partial charge in [0.25, 0.3) is 0 Å². The molecule has 0 saturated carbocycles. The monoisotopic (exact) mass is 384 g/mol. The van der Waals surface area contributed by atoms with E-state index in [0.717, 1.165) is 5.56 Å². The van der Waals surface area contributed by atoms with Gasteiger partial charge in [-0.25, -0.2) is 4.79 Å². The van der Waals surface area contributed by atoms with Gasteiger partial charge in [-0.3, -0.25) is 4.79 Å². The number of benzene rings is 1. The summed E-state index contributed by atoms with van der Waals surface area (Å²) in [7, 11) is 0. The third-order valence-electron chi connectivity index (χ3n) is 3.37. The van der Waals surface area contributed by atoms with Gasteiger partial charge < -0.3 is 26.0 Å². The van der Waals surface area contributed by atoms with Crippen molar-refractivity contribution in [3.8, 4) is 0 Å². The standard InChI is InChI=1S/C18H28N2O5S/c1-18(2,3)25-17(24)20-14(9-12-7-5-4-6-8-12)15(21)11-26-10-13(19)16(22)23/h4-8,13-15,21H,9-11,19H2,1-3H3,(H,20,24)(H,22,23). The minimum atomic E-state index is -1.08. The number of alkyl carbamates (subject to hydrolysis) is 1. The van der Waals surface area contributed by atoms with Gasteiger partial charge in [-0.2, -0.15) is 11.8 Å². The fourth-order valence-corrected chi connectivity index (χ4v) is 3.12. The molecule has 0 bridgehead atoms. The minimum absolute atomic E-state index is 0.177. The normalized spacial score (nSPS) is 15.0. The summed E-state index contributed by atoms with van der Waals surface area (Å²) in [6.07, 6.45) is -1.06. The number of thioether (sulfide) groups is 1. The lowest BCUT2D eigenvalue weighted by molar-refractivity contribution is -0.137. The van der Waals surface area contributed by atoms with Crippen LogP contribution in [0.2, 0.25) is 0 Å². The van der Waals surface area contributed by atoms with Gasteiger partial charge in [0.1, 0.15) is 11.6 Å². The molecule has 0 radical (unpaired) electrons. The number of nitrogens with two attached hydrogens (primary N) is 1. The minimum Gasteiger partial charge on any atom is -0.480 e. The number of aliphatic hydroxyl groups excluding tert-OH is 1. The molecule has 5 N–H and O–H groups in total. The zero-order valence-corrected chi connectivity index (χ0v) is 16.2. The van der Waals surface area contributed by atoms with Crippen molar-refractivity contribution in [1.29, 1.82) is 0 Å². The van der Waals surface area contributed by atoms with Crippen molar-refractivity contribution in [3.63, 3.8) is 0 Å². The number of rotatable bonds is 9. The van der Waals surface area contributed by atoms with Crippen LogP contribution in [0.4, 0.5) is 4.79 Å². The first-order chi connectivity index (χ1) is 12.1. The zero-order chi connectivity index (χ0) is 19.7. The molecule has 3 atom stereocenters. The third-order valence-corrected chi connectivity index (χ3v) is 4.54. The fraction of sp³-hybridized carbons (Fsp3) is 0.556. The molecule has 0 aliphatic heterocycles. The Balaban J connectivity index is 2.69. The maximum absolute atomic E-state index is 12.1. The van der Waals surface area contributed by atoms with E-state index in [1.165, 1.54) is 11.8 Å². The lowest BCUT2D eigenvalue weighted by Gasteiger charge is -2.27. The van der Waals surface area contributed by atoms with Crippen molar-refractivity contribution in [2.24, 2.45) is 5.73 Å². The Labute approximate surface area is 158 Å². The zero-order valence-electron chi connectivity index (χ0n) is 15.3. The smallest absolute Gasteiger partial charge is 0.407 e. The lowest BCUT2D eigenvalue weighted by atomic mass is 10.0. The highest BCUT2D eigenvalue weighted by Crippen LogP contribution is 2.13. The lowest BCUT2D eigenvalue weighted by Crippen LogP contribution is -2.47. The Morgan fingerprint density at radius 1 is 1.23 bits per heavy atom. The quantitative estimate of drug-likeness (QED) is 0.510. The predicted molar refractivity (Wildman–Crippen MR) is 102 cm³/mol. The molecule has 1 amide bonds. The van der Waals surface area contributed by atoms with Crippen LogP contribution in [0.15, 0.2) is 30.3 Å². The maximum atomic E-state index is 12.1. The number of carbonyl (C=O) groups is 2. The summed E-state index contributed by atoms with van der Waals surface area (Å²) in [6.45, 7) is 5.29. The van der Waals surface area contributed by atoms with Crippen LogP contribution < -0.4 is 11.1 Å². The number of carboxylic acid groups (broad SMARTS) is 1. The molecule has 0 spiro atoms. The van der Waals surface area contributed by atoms with E-state index in [-0.39, 0.29) is 11.5 Å². The summed E-state index contributed by atoms with van der Waals surface area (Å²) in [5.74, 6) is -0.662. The van der Waals surface area contributed by atoms with Gasteiger partial charge in [0.2, 0.25) is 0 Å². The molecular weight excluding hydrogens is 356 g/mol. The Hall–Kier alpha value is -1.77. The Morgan fingerprint density at radius 3 is 2.38 bits per heavy atom. The molecule has 0 fully saturated rings. The van der Waals surface area contributed by atoms with E-state index in [1.54, 1.807) is 20.8 Å².